The lowest BCUT2D eigenvalue weighted by Gasteiger charge is -2.10. The van der Waals surface area contributed by atoms with Gasteiger partial charge in [0.05, 0.1) is 18.6 Å². The fourth-order valence-electron chi connectivity index (χ4n) is 2.65. The summed E-state index contributed by atoms with van der Waals surface area (Å²) in [6.07, 6.45) is 0. The summed E-state index contributed by atoms with van der Waals surface area (Å²) < 4.78 is 32.6. The second kappa shape index (κ2) is 6.90. The summed E-state index contributed by atoms with van der Waals surface area (Å²) in [5, 5.41) is 4.69. The van der Waals surface area contributed by atoms with E-state index in [1.165, 1.54) is 17.9 Å². The zero-order valence-corrected chi connectivity index (χ0v) is 15.4. The Labute approximate surface area is 151 Å². The number of ether oxygens (including phenoxy) is 1. The summed E-state index contributed by atoms with van der Waals surface area (Å²) in [5.74, 6) is 0.0494. The Morgan fingerprint density at radius 1 is 1.08 bits per heavy atom. The van der Waals surface area contributed by atoms with Crippen LogP contribution in [0.25, 0.3) is 11.3 Å². The first-order valence-electron chi connectivity index (χ1n) is 7.56. The van der Waals surface area contributed by atoms with Gasteiger partial charge in [-0.2, -0.15) is 5.10 Å². The second-order valence-electron chi connectivity index (χ2n) is 5.52. The summed E-state index contributed by atoms with van der Waals surface area (Å²) in [7, 11) is -0.525. The van der Waals surface area contributed by atoms with Crippen molar-refractivity contribution in [3.05, 3.63) is 65.3 Å². The molecule has 1 heterocycles. The van der Waals surface area contributed by atoms with Gasteiger partial charge in [-0.05, 0) is 12.1 Å². The minimum absolute atomic E-state index is 0.136. The van der Waals surface area contributed by atoms with E-state index >= 15 is 0 Å². The quantitative estimate of drug-likeness (QED) is 0.680. The number of nitrogens with zero attached hydrogens (tertiary/aromatic N) is 2. The number of aromatic nitrogens is 2. The molecule has 0 aliphatic rings. The molecule has 5 nitrogen and oxygen atoms in total. The Morgan fingerprint density at radius 3 is 2.40 bits per heavy atom. The fourth-order valence-corrected chi connectivity index (χ4v) is 4.47. The first-order chi connectivity index (χ1) is 11.9. The van der Waals surface area contributed by atoms with Gasteiger partial charge in [-0.15, -0.1) is 0 Å². The number of methoxy groups -OCH3 is 1. The zero-order chi connectivity index (χ0) is 18.0. The highest BCUT2D eigenvalue weighted by molar-refractivity contribution is 7.90. The maximum atomic E-state index is 13.0. The maximum absolute atomic E-state index is 13.0. The molecule has 130 valence electrons. The number of aryl methyl sites for hydroxylation is 1. The van der Waals surface area contributed by atoms with Gasteiger partial charge < -0.3 is 4.74 Å². The van der Waals surface area contributed by atoms with Crippen molar-refractivity contribution in [2.75, 3.05) is 7.11 Å². The molecule has 0 bridgehead atoms. The molecule has 0 aliphatic carbocycles. The van der Waals surface area contributed by atoms with Crippen LogP contribution in [0.1, 0.15) is 5.56 Å². The lowest BCUT2D eigenvalue weighted by atomic mass is 10.1. The monoisotopic (exact) mass is 376 g/mol. The van der Waals surface area contributed by atoms with Crippen LogP contribution in [0.3, 0.4) is 0 Å². The van der Waals surface area contributed by atoms with Crippen LogP contribution < -0.4 is 4.74 Å². The predicted molar refractivity (Wildman–Crippen MR) is 97.5 cm³/mol. The third kappa shape index (κ3) is 3.41. The van der Waals surface area contributed by atoms with Crippen molar-refractivity contribution in [3.63, 3.8) is 0 Å². The van der Waals surface area contributed by atoms with E-state index in [4.69, 9.17) is 16.3 Å². The number of sulfone groups is 1. The molecule has 0 spiro atoms. The highest BCUT2D eigenvalue weighted by Gasteiger charge is 2.26. The molecule has 0 atom stereocenters. The molecule has 2 aromatic carbocycles. The third-order valence-corrected chi connectivity index (χ3v) is 6.00. The molecule has 0 amide bonds. The van der Waals surface area contributed by atoms with Gasteiger partial charge in [0.1, 0.15) is 15.8 Å². The van der Waals surface area contributed by atoms with Gasteiger partial charge in [-0.25, -0.2) is 8.42 Å². The van der Waals surface area contributed by atoms with Crippen LogP contribution in [-0.2, 0) is 22.6 Å². The van der Waals surface area contributed by atoms with Crippen molar-refractivity contribution in [1.82, 2.24) is 9.78 Å². The summed E-state index contributed by atoms with van der Waals surface area (Å²) in [6.45, 7) is 0. The van der Waals surface area contributed by atoms with Crippen LogP contribution in [0.5, 0.6) is 5.75 Å². The smallest absolute Gasteiger partial charge is 0.186 e. The van der Waals surface area contributed by atoms with Crippen molar-refractivity contribution < 1.29 is 13.2 Å². The van der Waals surface area contributed by atoms with E-state index in [-0.39, 0.29) is 10.6 Å². The van der Waals surface area contributed by atoms with Crippen molar-refractivity contribution in [1.29, 1.82) is 0 Å². The molecule has 0 fully saturated rings. The Bertz CT molecular complexity index is 998. The summed E-state index contributed by atoms with van der Waals surface area (Å²) in [4.78, 5) is 0.136. The number of benzene rings is 2. The molecule has 3 rings (SSSR count). The van der Waals surface area contributed by atoms with Gasteiger partial charge in [0.2, 0.25) is 0 Å². The molecule has 0 saturated carbocycles. The Kier molecular flexibility index (Phi) is 4.83. The largest absolute Gasteiger partial charge is 0.495 e. The van der Waals surface area contributed by atoms with E-state index in [9.17, 15) is 8.42 Å². The van der Waals surface area contributed by atoms with Gasteiger partial charge in [-0.1, -0.05) is 54.1 Å². The van der Waals surface area contributed by atoms with Gasteiger partial charge in [0, 0.05) is 18.2 Å². The lowest BCUT2D eigenvalue weighted by molar-refractivity contribution is 0.402. The average Bonchev–Trinajstić information content (AvgIpc) is 2.90. The minimum Gasteiger partial charge on any atom is -0.495 e. The van der Waals surface area contributed by atoms with E-state index in [1.54, 1.807) is 25.2 Å². The number of para-hydroxylation sites is 1. The molecule has 0 unspecified atom stereocenters. The molecular formula is C18H17ClN2O3S. The van der Waals surface area contributed by atoms with Crippen LogP contribution >= 0.6 is 11.6 Å². The molecule has 25 heavy (non-hydrogen) atoms. The highest BCUT2D eigenvalue weighted by Crippen LogP contribution is 2.33. The maximum Gasteiger partial charge on any atom is 0.186 e. The SMILES string of the molecule is COc1ccccc1S(=O)(=O)Cc1c(-c2ccccc2)nn(C)c1Cl. The highest BCUT2D eigenvalue weighted by atomic mass is 35.5. The summed E-state index contributed by atoms with van der Waals surface area (Å²) >= 11 is 6.34. The van der Waals surface area contributed by atoms with Gasteiger partial charge in [-0.3, -0.25) is 4.68 Å². The third-order valence-electron chi connectivity index (χ3n) is 3.85. The van der Waals surface area contributed by atoms with Crippen molar-refractivity contribution in [2.45, 2.75) is 10.6 Å². The van der Waals surface area contributed by atoms with E-state index < -0.39 is 9.84 Å². The van der Waals surface area contributed by atoms with Crippen LogP contribution in [0.4, 0.5) is 0 Å². The van der Waals surface area contributed by atoms with Crippen molar-refractivity contribution in [3.8, 4) is 17.0 Å². The topological polar surface area (TPSA) is 61.2 Å². The lowest BCUT2D eigenvalue weighted by Crippen LogP contribution is -2.07. The molecule has 0 N–H and O–H groups in total. The van der Waals surface area contributed by atoms with Crippen molar-refractivity contribution in [2.24, 2.45) is 7.05 Å². The number of hydrogen-bond donors (Lipinski definition) is 0. The second-order valence-corrected chi connectivity index (χ2v) is 7.83. The molecule has 1 aromatic heterocycles. The summed E-state index contributed by atoms with van der Waals surface area (Å²) in [6, 6.07) is 15.9. The average molecular weight is 377 g/mol. The Balaban J connectivity index is 2.09. The van der Waals surface area contributed by atoms with E-state index in [2.05, 4.69) is 5.10 Å². The summed E-state index contributed by atoms with van der Waals surface area (Å²) in [5.41, 5.74) is 1.85. The molecule has 0 saturated heterocycles. The molecule has 3 aromatic rings. The standard InChI is InChI=1S/C18H17ClN2O3S/c1-21-18(19)14(17(20-21)13-8-4-3-5-9-13)12-25(22,23)16-11-7-6-10-15(16)24-2/h3-11H,12H2,1-2H3. The van der Waals surface area contributed by atoms with Crippen LogP contribution in [0.15, 0.2) is 59.5 Å². The van der Waals surface area contributed by atoms with Crippen molar-refractivity contribution >= 4 is 21.4 Å². The Morgan fingerprint density at radius 2 is 1.72 bits per heavy atom. The minimum atomic E-state index is -3.66. The van der Waals surface area contributed by atoms with E-state index in [1.807, 2.05) is 30.3 Å². The number of halogens is 1. The van der Waals surface area contributed by atoms with E-state index in [0.717, 1.165) is 5.56 Å². The fraction of sp³-hybridized carbons (Fsp3) is 0.167. The normalized spacial score (nSPS) is 11.5. The first-order valence-corrected chi connectivity index (χ1v) is 9.59. The molecular weight excluding hydrogens is 360 g/mol. The van der Waals surface area contributed by atoms with Crippen LogP contribution in [0, 0.1) is 0 Å². The van der Waals surface area contributed by atoms with Gasteiger partial charge in [0.25, 0.3) is 0 Å². The van der Waals surface area contributed by atoms with Crippen LogP contribution in [0.2, 0.25) is 5.15 Å². The number of rotatable bonds is 5. The zero-order valence-electron chi connectivity index (χ0n) is 13.8. The van der Waals surface area contributed by atoms with Gasteiger partial charge in [0.15, 0.2) is 9.84 Å². The number of hydrogen-bond acceptors (Lipinski definition) is 4. The molecule has 0 radical (unpaired) electrons. The molecule has 0 aliphatic heterocycles. The van der Waals surface area contributed by atoms with Crippen LogP contribution in [-0.4, -0.2) is 25.3 Å². The molecule has 7 heteroatoms. The Hall–Kier alpha value is -2.31. The van der Waals surface area contributed by atoms with Gasteiger partial charge >= 0.3 is 0 Å². The van der Waals surface area contributed by atoms with E-state index in [0.29, 0.717) is 22.2 Å². The first kappa shape index (κ1) is 17.5. The predicted octanol–water partition coefficient (Wildman–Crippen LogP) is 3.72.